The molecule has 0 atom stereocenters. The van der Waals surface area contributed by atoms with Crippen LogP contribution in [0.1, 0.15) is 11.3 Å². The van der Waals surface area contributed by atoms with Gasteiger partial charge in [0.1, 0.15) is 5.82 Å². The third-order valence-corrected chi connectivity index (χ3v) is 2.60. The largest absolute Gasteiger partial charge is 0.397 e. The molecule has 16 heavy (non-hydrogen) atoms. The van der Waals surface area contributed by atoms with Crippen molar-refractivity contribution in [3.05, 3.63) is 47.4 Å². The minimum Gasteiger partial charge on any atom is -0.397 e. The molecular formula is C13H13FN2. The number of pyridine rings is 1. The maximum atomic E-state index is 13.2. The minimum atomic E-state index is -0.253. The predicted octanol–water partition coefficient (Wildman–Crippen LogP) is 3.09. The van der Waals surface area contributed by atoms with Crippen LogP contribution in [0.25, 0.3) is 11.3 Å². The highest BCUT2D eigenvalue weighted by Gasteiger charge is 2.06. The number of aromatic nitrogens is 1. The van der Waals surface area contributed by atoms with Crippen molar-refractivity contribution in [3.63, 3.8) is 0 Å². The summed E-state index contributed by atoms with van der Waals surface area (Å²) in [6.45, 7) is 3.77. The number of nitrogens with two attached hydrogens (primary N) is 1. The van der Waals surface area contributed by atoms with E-state index in [2.05, 4.69) is 4.98 Å². The van der Waals surface area contributed by atoms with Gasteiger partial charge >= 0.3 is 0 Å². The van der Waals surface area contributed by atoms with E-state index in [0.717, 1.165) is 22.5 Å². The summed E-state index contributed by atoms with van der Waals surface area (Å²) in [6, 6.07) is 8.29. The Hall–Kier alpha value is -1.90. The topological polar surface area (TPSA) is 38.9 Å². The molecule has 0 unspecified atom stereocenters. The lowest BCUT2D eigenvalue weighted by atomic mass is 10.0. The van der Waals surface area contributed by atoms with E-state index in [1.807, 2.05) is 19.9 Å². The Balaban J connectivity index is 2.58. The lowest BCUT2D eigenvalue weighted by molar-refractivity contribution is 0.628. The number of anilines is 1. The van der Waals surface area contributed by atoms with E-state index < -0.39 is 0 Å². The molecule has 2 aromatic rings. The van der Waals surface area contributed by atoms with E-state index in [0.29, 0.717) is 5.69 Å². The van der Waals surface area contributed by atoms with E-state index in [4.69, 9.17) is 5.73 Å². The van der Waals surface area contributed by atoms with E-state index in [-0.39, 0.29) is 5.82 Å². The summed E-state index contributed by atoms with van der Waals surface area (Å²) >= 11 is 0. The molecule has 82 valence electrons. The van der Waals surface area contributed by atoms with Gasteiger partial charge in [0, 0.05) is 5.56 Å². The summed E-state index contributed by atoms with van der Waals surface area (Å²) in [6.07, 6.45) is 0. The van der Waals surface area contributed by atoms with Gasteiger partial charge in [-0.1, -0.05) is 6.07 Å². The second-order valence-electron chi connectivity index (χ2n) is 3.83. The van der Waals surface area contributed by atoms with Gasteiger partial charge in [0.05, 0.1) is 17.1 Å². The van der Waals surface area contributed by atoms with Gasteiger partial charge in [-0.25, -0.2) is 4.39 Å². The van der Waals surface area contributed by atoms with Gasteiger partial charge < -0.3 is 5.73 Å². The SMILES string of the molecule is Cc1ccc(F)cc1-c1ccc(N)c(C)n1. The Bertz CT molecular complexity index is 535. The van der Waals surface area contributed by atoms with E-state index in [1.165, 1.54) is 12.1 Å². The first-order valence-electron chi connectivity index (χ1n) is 5.07. The molecular weight excluding hydrogens is 203 g/mol. The molecule has 1 aromatic heterocycles. The summed E-state index contributed by atoms with van der Waals surface area (Å²) in [5, 5.41) is 0. The van der Waals surface area contributed by atoms with Crippen molar-refractivity contribution < 1.29 is 4.39 Å². The Morgan fingerprint density at radius 2 is 1.88 bits per heavy atom. The molecule has 2 rings (SSSR count). The molecule has 0 spiro atoms. The number of hydrogen-bond donors (Lipinski definition) is 1. The van der Waals surface area contributed by atoms with Crippen molar-refractivity contribution in [2.75, 3.05) is 5.73 Å². The van der Waals surface area contributed by atoms with Gasteiger partial charge in [0.15, 0.2) is 0 Å². The van der Waals surface area contributed by atoms with Crippen molar-refractivity contribution >= 4 is 5.69 Å². The van der Waals surface area contributed by atoms with Crippen LogP contribution in [0.2, 0.25) is 0 Å². The van der Waals surface area contributed by atoms with Gasteiger partial charge in [-0.2, -0.15) is 0 Å². The first-order chi connectivity index (χ1) is 7.58. The summed E-state index contributed by atoms with van der Waals surface area (Å²) < 4.78 is 13.2. The Morgan fingerprint density at radius 1 is 1.12 bits per heavy atom. The van der Waals surface area contributed by atoms with Crippen LogP contribution in [0, 0.1) is 19.7 Å². The number of benzene rings is 1. The number of nitrogens with zero attached hydrogens (tertiary/aromatic N) is 1. The third kappa shape index (κ3) is 1.89. The zero-order valence-corrected chi connectivity index (χ0v) is 9.29. The third-order valence-electron chi connectivity index (χ3n) is 2.60. The Morgan fingerprint density at radius 3 is 2.56 bits per heavy atom. The summed E-state index contributed by atoms with van der Waals surface area (Å²) in [5.41, 5.74) is 9.67. The van der Waals surface area contributed by atoms with Crippen molar-refractivity contribution in [1.29, 1.82) is 0 Å². The average molecular weight is 216 g/mol. The number of rotatable bonds is 1. The highest BCUT2D eigenvalue weighted by atomic mass is 19.1. The molecule has 1 heterocycles. The maximum absolute atomic E-state index is 13.2. The molecule has 0 aliphatic heterocycles. The maximum Gasteiger partial charge on any atom is 0.123 e. The summed E-state index contributed by atoms with van der Waals surface area (Å²) in [7, 11) is 0. The van der Waals surface area contributed by atoms with Gasteiger partial charge in [0.2, 0.25) is 0 Å². The van der Waals surface area contributed by atoms with Crippen LogP contribution in [-0.2, 0) is 0 Å². The first-order valence-corrected chi connectivity index (χ1v) is 5.07. The number of halogens is 1. The number of hydrogen-bond acceptors (Lipinski definition) is 2. The van der Waals surface area contributed by atoms with E-state index in [1.54, 1.807) is 12.1 Å². The standard InChI is InChI=1S/C13H13FN2/c1-8-3-4-10(14)7-11(8)13-6-5-12(15)9(2)16-13/h3-7H,15H2,1-2H3. The molecule has 0 radical (unpaired) electrons. The summed E-state index contributed by atoms with van der Waals surface area (Å²) in [5.74, 6) is -0.253. The monoisotopic (exact) mass is 216 g/mol. The fourth-order valence-corrected chi connectivity index (χ4v) is 1.59. The lowest BCUT2D eigenvalue weighted by Crippen LogP contribution is -1.95. The molecule has 2 nitrogen and oxygen atoms in total. The van der Waals surface area contributed by atoms with Crippen LogP contribution >= 0.6 is 0 Å². The second kappa shape index (κ2) is 3.93. The van der Waals surface area contributed by atoms with Gasteiger partial charge in [-0.3, -0.25) is 4.98 Å². The van der Waals surface area contributed by atoms with Gasteiger partial charge in [-0.15, -0.1) is 0 Å². The van der Waals surface area contributed by atoms with Crippen LogP contribution < -0.4 is 5.73 Å². The summed E-state index contributed by atoms with van der Waals surface area (Å²) in [4.78, 5) is 4.35. The fraction of sp³-hybridized carbons (Fsp3) is 0.154. The first kappa shape index (κ1) is 10.6. The van der Waals surface area contributed by atoms with Crippen molar-refractivity contribution in [1.82, 2.24) is 4.98 Å². The molecule has 0 aliphatic rings. The molecule has 0 saturated carbocycles. The lowest BCUT2D eigenvalue weighted by Gasteiger charge is -2.07. The Labute approximate surface area is 93.9 Å². The smallest absolute Gasteiger partial charge is 0.123 e. The molecule has 2 N–H and O–H groups in total. The van der Waals surface area contributed by atoms with Crippen molar-refractivity contribution in [3.8, 4) is 11.3 Å². The van der Waals surface area contributed by atoms with Crippen molar-refractivity contribution in [2.45, 2.75) is 13.8 Å². The molecule has 3 heteroatoms. The Kier molecular flexibility index (Phi) is 2.60. The number of aryl methyl sites for hydroxylation is 2. The molecule has 0 aliphatic carbocycles. The predicted molar refractivity (Wildman–Crippen MR) is 63.5 cm³/mol. The molecule has 0 fully saturated rings. The molecule has 1 aromatic carbocycles. The normalized spacial score (nSPS) is 10.4. The van der Waals surface area contributed by atoms with Crippen LogP contribution in [0.15, 0.2) is 30.3 Å². The van der Waals surface area contributed by atoms with Crippen LogP contribution in [-0.4, -0.2) is 4.98 Å². The quantitative estimate of drug-likeness (QED) is 0.795. The van der Waals surface area contributed by atoms with Gasteiger partial charge in [0.25, 0.3) is 0 Å². The van der Waals surface area contributed by atoms with Crippen molar-refractivity contribution in [2.24, 2.45) is 0 Å². The highest BCUT2D eigenvalue weighted by molar-refractivity contribution is 5.65. The highest BCUT2D eigenvalue weighted by Crippen LogP contribution is 2.24. The van der Waals surface area contributed by atoms with Crippen LogP contribution in [0.4, 0.5) is 10.1 Å². The molecule has 0 amide bonds. The average Bonchev–Trinajstić information content (AvgIpc) is 2.26. The van der Waals surface area contributed by atoms with E-state index in [9.17, 15) is 4.39 Å². The van der Waals surface area contributed by atoms with Gasteiger partial charge in [-0.05, 0) is 43.7 Å². The van der Waals surface area contributed by atoms with E-state index >= 15 is 0 Å². The van der Waals surface area contributed by atoms with Crippen LogP contribution in [0.5, 0.6) is 0 Å². The number of nitrogen functional groups attached to an aromatic ring is 1. The minimum absolute atomic E-state index is 0.253. The zero-order chi connectivity index (χ0) is 11.7. The molecule has 0 bridgehead atoms. The second-order valence-corrected chi connectivity index (χ2v) is 3.83. The fourth-order valence-electron chi connectivity index (χ4n) is 1.59. The zero-order valence-electron chi connectivity index (χ0n) is 9.29. The molecule has 0 saturated heterocycles. The van der Waals surface area contributed by atoms with Crippen LogP contribution in [0.3, 0.4) is 0 Å².